The lowest BCUT2D eigenvalue weighted by molar-refractivity contribution is 0.0302. The van der Waals surface area contributed by atoms with Gasteiger partial charge in [-0.05, 0) is 35.9 Å². The number of morpholine rings is 1. The fraction of sp³-hybridized carbons (Fsp3) is 0.208. The van der Waals surface area contributed by atoms with Crippen molar-refractivity contribution < 1.29 is 17.9 Å². The summed E-state index contributed by atoms with van der Waals surface area (Å²) in [5.74, 6) is -0.210. The molecule has 0 bridgehead atoms. The smallest absolute Gasteiger partial charge is 0.264 e. The first kappa shape index (κ1) is 22.3. The van der Waals surface area contributed by atoms with Gasteiger partial charge in [0.15, 0.2) is 0 Å². The lowest BCUT2D eigenvalue weighted by atomic mass is 10.2. The molecule has 8 heteroatoms. The van der Waals surface area contributed by atoms with Crippen molar-refractivity contribution in [3.63, 3.8) is 0 Å². The molecule has 0 N–H and O–H groups in total. The van der Waals surface area contributed by atoms with Gasteiger partial charge in [-0.2, -0.15) is 0 Å². The predicted molar refractivity (Wildman–Crippen MR) is 124 cm³/mol. The van der Waals surface area contributed by atoms with E-state index in [1.165, 1.54) is 16.4 Å². The van der Waals surface area contributed by atoms with E-state index in [1.54, 1.807) is 41.3 Å². The third-order valence-corrected chi connectivity index (χ3v) is 7.33. The van der Waals surface area contributed by atoms with Crippen LogP contribution in [0.4, 0.5) is 5.69 Å². The molecule has 4 rings (SSSR count). The lowest BCUT2D eigenvalue weighted by Crippen LogP contribution is -2.40. The molecular weight excluding hydrogens is 448 g/mol. The number of halogens is 1. The van der Waals surface area contributed by atoms with E-state index in [2.05, 4.69) is 0 Å². The van der Waals surface area contributed by atoms with Crippen LogP contribution in [0.15, 0.2) is 83.8 Å². The largest absolute Gasteiger partial charge is 0.378 e. The third-order valence-electron chi connectivity index (χ3n) is 5.26. The van der Waals surface area contributed by atoms with E-state index in [0.717, 1.165) is 5.56 Å². The number of benzene rings is 3. The van der Waals surface area contributed by atoms with Gasteiger partial charge >= 0.3 is 0 Å². The second-order valence-corrected chi connectivity index (χ2v) is 9.65. The van der Waals surface area contributed by atoms with Gasteiger partial charge in [-0.1, -0.05) is 60.1 Å². The molecular formula is C24H23ClN2O4S. The first-order chi connectivity index (χ1) is 15.5. The van der Waals surface area contributed by atoms with Crippen molar-refractivity contribution in [3.05, 3.63) is 95.0 Å². The average molecular weight is 471 g/mol. The zero-order chi connectivity index (χ0) is 22.6. The van der Waals surface area contributed by atoms with Crippen LogP contribution in [-0.2, 0) is 21.3 Å². The Kier molecular flexibility index (Phi) is 6.79. The molecule has 166 valence electrons. The van der Waals surface area contributed by atoms with Gasteiger partial charge in [0.2, 0.25) is 0 Å². The quantitative estimate of drug-likeness (QED) is 0.541. The van der Waals surface area contributed by atoms with E-state index in [1.807, 2.05) is 30.3 Å². The Labute approximate surface area is 193 Å². The van der Waals surface area contributed by atoms with Crippen molar-refractivity contribution in [1.82, 2.24) is 4.90 Å². The topological polar surface area (TPSA) is 66.9 Å². The van der Waals surface area contributed by atoms with Gasteiger partial charge < -0.3 is 9.64 Å². The summed E-state index contributed by atoms with van der Waals surface area (Å²) in [5.41, 5.74) is 1.52. The number of sulfonamides is 1. The molecule has 1 amide bonds. The van der Waals surface area contributed by atoms with Crippen molar-refractivity contribution in [2.24, 2.45) is 0 Å². The summed E-state index contributed by atoms with van der Waals surface area (Å²) >= 11 is 6.38. The van der Waals surface area contributed by atoms with Crippen LogP contribution < -0.4 is 4.31 Å². The molecule has 6 nitrogen and oxygen atoms in total. The molecule has 1 aliphatic heterocycles. The summed E-state index contributed by atoms with van der Waals surface area (Å²) in [5, 5.41) is 0.326. The van der Waals surface area contributed by atoms with Crippen molar-refractivity contribution in [3.8, 4) is 0 Å². The standard InChI is InChI=1S/C24H23ClN2O4S/c25-22-11-4-5-12-23(22)27(18-19-7-2-1-3-8-19)32(29,30)21-10-6-9-20(17-21)24(28)26-13-15-31-16-14-26/h1-12,17H,13-16,18H2. The minimum absolute atomic E-state index is 0.0347. The molecule has 0 aliphatic carbocycles. The summed E-state index contributed by atoms with van der Waals surface area (Å²) in [6.07, 6.45) is 0. The van der Waals surface area contributed by atoms with Crippen LogP contribution in [0.1, 0.15) is 15.9 Å². The minimum Gasteiger partial charge on any atom is -0.378 e. The van der Waals surface area contributed by atoms with Gasteiger partial charge in [-0.25, -0.2) is 8.42 Å². The Morgan fingerprint density at radius 2 is 1.62 bits per heavy atom. The first-order valence-corrected chi connectivity index (χ1v) is 12.1. The third kappa shape index (κ3) is 4.80. The van der Waals surface area contributed by atoms with Crippen LogP contribution in [0, 0.1) is 0 Å². The van der Waals surface area contributed by atoms with Gasteiger partial charge in [0, 0.05) is 18.7 Å². The maximum atomic E-state index is 13.8. The van der Waals surface area contributed by atoms with E-state index in [0.29, 0.717) is 42.6 Å². The molecule has 1 fully saturated rings. The van der Waals surface area contributed by atoms with Crippen LogP contribution >= 0.6 is 11.6 Å². The van der Waals surface area contributed by atoms with Gasteiger partial charge in [0.1, 0.15) is 0 Å². The zero-order valence-electron chi connectivity index (χ0n) is 17.4. The SMILES string of the molecule is O=C(c1cccc(S(=O)(=O)N(Cc2ccccc2)c2ccccc2Cl)c1)N1CCOCC1. The maximum absolute atomic E-state index is 13.8. The van der Waals surface area contributed by atoms with Crippen LogP contribution in [0.2, 0.25) is 5.02 Å². The minimum atomic E-state index is -4.01. The first-order valence-electron chi connectivity index (χ1n) is 10.2. The number of hydrogen-bond donors (Lipinski definition) is 0. The van der Waals surface area contributed by atoms with E-state index < -0.39 is 10.0 Å². The van der Waals surface area contributed by atoms with Crippen molar-refractivity contribution in [2.75, 3.05) is 30.6 Å². The van der Waals surface area contributed by atoms with Gasteiger partial charge in [-0.3, -0.25) is 9.10 Å². The number of hydrogen-bond acceptors (Lipinski definition) is 4. The van der Waals surface area contributed by atoms with Crippen LogP contribution in [0.25, 0.3) is 0 Å². The molecule has 0 radical (unpaired) electrons. The molecule has 3 aromatic rings. The van der Waals surface area contributed by atoms with Crippen LogP contribution in [0.5, 0.6) is 0 Å². The highest BCUT2D eigenvalue weighted by Gasteiger charge is 2.28. The summed E-state index contributed by atoms with van der Waals surface area (Å²) in [7, 11) is -4.01. The fourth-order valence-corrected chi connectivity index (χ4v) is 5.37. The van der Waals surface area contributed by atoms with E-state index in [-0.39, 0.29) is 17.3 Å². The highest BCUT2D eigenvalue weighted by molar-refractivity contribution is 7.92. The molecule has 1 saturated heterocycles. The van der Waals surface area contributed by atoms with Crippen molar-refractivity contribution in [1.29, 1.82) is 0 Å². The Morgan fingerprint density at radius 3 is 2.34 bits per heavy atom. The fourth-order valence-electron chi connectivity index (χ4n) is 3.57. The maximum Gasteiger partial charge on any atom is 0.264 e. The molecule has 3 aromatic carbocycles. The van der Waals surface area contributed by atoms with E-state index in [9.17, 15) is 13.2 Å². The number of para-hydroxylation sites is 1. The summed E-state index contributed by atoms with van der Waals surface area (Å²) < 4.78 is 34.1. The van der Waals surface area contributed by atoms with Crippen molar-refractivity contribution >= 4 is 33.2 Å². The molecule has 0 saturated carbocycles. The lowest BCUT2D eigenvalue weighted by Gasteiger charge is -2.28. The molecule has 1 heterocycles. The van der Waals surface area contributed by atoms with Gasteiger partial charge in [-0.15, -0.1) is 0 Å². The van der Waals surface area contributed by atoms with Crippen LogP contribution in [0.3, 0.4) is 0 Å². The zero-order valence-corrected chi connectivity index (χ0v) is 18.9. The number of amides is 1. The Bertz CT molecular complexity index is 1200. The summed E-state index contributed by atoms with van der Waals surface area (Å²) in [6, 6.07) is 22.3. The van der Waals surface area contributed by atoms with Crippen molar-refractivity contribution in [2.45, 2.75) is 11.4 Å². The second kappa shape index (κ2) is 9.73. The molecule has 0 aromatic heterocycles. The number of carbonyl (C=O) groups is 1. The number of ether oxygens (including phenoxy) is 1. The number of nitrogens with zero attached hydrogens (tertiary/aromatic N) is 2. The number of anilines is 1. The number of rotatable bonds is 6. The molecule has 0 spiro atoms. The highest BCUT2D eigenvalue weighted by atomic mass is 35.5. The Balaban J connectivity index is 1.72. The predicted octanol–water partition coefficient (Wildman–Crippen LogP) is 4.21. The Hall–Kier alpha value is -2.87. The van der Waals surface area contributed by atoms with Gasteiger partial charge in [0.05, 0.1) is 35.4 Å². The van der Waals surface area contributed by atoms with E-state index in [4.69, 9.17) is 16.3 Å². The van der Waals surface area contributed by atoms with Crippen LogP contribution in [-0.4, -0.2) is 45.5 Å². The molecule has 32 heavy (non-hydrogen) atoms. The monoisotopic (exact) mass is 470 g/mol. The number of carbonyl (C=O) groups excluding carboxylic acids is 1. The second-order valence-electron chi connectivity index (χ2n) is 7.38. The molecule has 1 aliphatic rings. The highest BCUT2D eigenvalue weighted by Crippen LogP contribution is 2.32. The molecule has 0 unspecified atom stereocenters. The average Bonchev–Trinajstić information content (AvgIpc) is 2.84. The van der Waals surface area contributed by atoms with Gasteiger partial charge in [0.25, 0.3) is 15.9 Å². The molecule has 0 atom stereocenters. The summed E-state index contributed by atoms with van der Waals surface area (Å²) in [6.45, 7) is 2.02. The normalized spacial score (nSPS) is 14.2. The Morgan fingerprint density at radius 1 is 0.938 bits per heavy atom. The van der Waals surface area contributed by atoms with E-state index >= 15 is 0 Å². The summed E-state index contributed by atoms with van der Waals surface area (Å²) in [4.78, 5) is 14.6.